The molecule has 5 heteroatoms. The number of benzene rings is 2. The molecule has 1 aliphatic carbocycles. The number of hydrogen-bond donors (Lipinski definition) is 1. The molecule has 0 aliphatic heterocycles. The monoisotopic (exact) mass is 353 g/mol. The summed E-state index contributed by atoms with van der Waals surface area (Å²) in [7, 11) is 0. The molecule has 0 saturated carbocycles. The minimum Gasteiger partial charge on any atom is -0.484 e. The Labute approximate surface area is 153 Å². The normalized spacial score (nSPS) is 15.7. The number of hydrogen-bond acceptors (Lipinski definition) is 4. The Hall–Kier alpha value is -2.82. The highest BCUT2D eigenvalue weighted by molar-refractivity contribution is 5.89. The predicted molar refractivity (Wildman–Crippen MR) is 98.2 cm³/mol. The van der Waals surface area contributed by atoms with Crippen LogP contribution in [0.5, 0.6) is 5.75 Å². The van der Waals surface area contributed by atoms with Crippen LogP contribution in [0.3, 0.4) is 0 Å². The first-order chi connectivity index (χ1) is 12.7. The second-order valence-corrected chi connectivity index (χ2v) is 6.24. The Bertz CT molecular complexity index is 770. The van der Waals surface area contributed by atoms with Gasteiger partial charge in [-0.2, -0.15) is 0 Å². The highest BCUT2D eigenvalue weighted by Crippen LogP contribution is 2.29. The van der Waals surface area contributed by atoms with Gasteiger partial charge in [-0.25, -0.2) is 4.79 Å². The molecule has 0 radical (unpaired) electrons. The number of nitrogens with one attached hydrogen (secondary N) is 1. The Balaban J connectivity index is 1.53. The third-order valence-corrected chi connectivity index (χ3v) is 4.44. The SMILES string of the molecule is CCOC(=O)c1ccc(OCC(=O)NC2CCCc3ccccc32)cc1. The average molecular weight is 353 g/mol. The van der Waals surface area contributed by atoms with Crippen molar-refractivity contribution in [1.29, 1.82) is 0 Å². The van der Waals surface area contributed by atoms with Gasteiger partial charge in [0.25, 0.3) is 5.91 Å². The number of esters is 1. The average Bonchev–Trinajstić information content (AvgIpc) is 2.67. The minimum atomic E-state index is -0.368. The number of amides is 1. The van der Waals surface area contributed by atoms with Crippen LogP contribution in [-0.4, -0.2) is 25.1 Å². The first-order valence-corrected chi connectivity index (χ1v) is 8.94. The third-order valence-electron chi connectivity index (χ3n) is 4.44. The van der Waals surface area contributed by atoms with Gasteiger partial charge in [0.2, 0.25) is 0 Å². The van der Waals surface area contributed by atoms with E-state index < -0.39 is 0 Å². The molecular weight excluding hydrogens is 330 g/mol. The van der Waals surface area contributed by atoms with Crippen LogP contribution < -0.4 is 10.1 Å². The van der Waals surface area contributed by atoms with Crippen molar-refractivity contribution in [3.63, 3.8) is 0 Å². The maximum absolute atomic E-state index is 12.2. The van der Waals surface area contributed by atoms with Gasteiger partial charge in [0.15, 0.2) is 6.61 Å². The van der Waals surface area contributed by atoms with E-state index in [1.165, 1.54) is 11.1 Å². The zero-order valence-electron chi connectivity index (χ0n) is 14.9. The Morgan fingerprint density at radius 2 is 1.88 bits per heavy atom. The summed E-state index contributed by atoms with van der Waals surface area (Å²) in [6, 6.07) is 14.9. The Morgan fingerprint density at radius 3 is 2.65 bits per heavy atom. The van der Waals surface area contributed by atoms with Crippen LogP contribution in [0.1, 0.15) is 47.3 Å². The lowest BCUT2D eigenvalue weighted by atomic mass is 9.88. The van der Waals surface area contributed by atoms with E-state index in [0.717, 1.165) is 19.3 Å². The second-order valence-electron chi connectivity index (χ2n) is 6.24. The summed E-state index contributed by atoms with van der Waals surface area (Å²) < 4.78 is 10.5. The molecule has 0 heterocycles. The van der Waals surface area contributed by atoms with E-state index >= 15 is 0 Å². The molecule has 136 valence electrons. The van der Waals surface area contributed by atoms with Gasteiger partial charge >= 0.3 is 5.97 Å². The largest absolute Gasteiger partial charge is 0.484 e. The first kappa shape index (κ1) is 18.0. The van der Waals surface area contributed by atoms with Crippen LogP contribution in [0.15, 0.2) is 48.5 Å². The number of carbonyl (C=O) groups is 2. The fourth-order valence-electron chi connectivity index (χ4n) is 3.19. The molecule has 26 heavy (non-hydrogen) atoms. The van der Waals surface area contributed by atoms with Gasteiger partial charge in [-0.15, -0.1) is 0 Å². The van der Waals surface area contributed by atoms with E-state index in [0.29, 0.717) is 17.9 Å². The fraction of sp³-hybridized carbons (Fsp3) is 0.333. The number of rotatable bonds is 6. The van der Waals surface area contributed by atoms with Crippen molar-refractivity contribution >= 4 is 11.9 Å². The summed E-state index contributed by atoms with van der Waals surface area (Å²) in [5.41, 5.74) is 2.97. The van der Waals surface area contributed by atoms with Crippen molar-refractivity contribution in [3.8, 4) is 5.75 Å². The quantitative estimate of drug-likeness (QED) is 0.808. The van der Waals surface area contributed by atoms with Gasteiger partial charge < -0.3 is 14.8 Å². The molecule has 1 aliphatic rings. The predicted octanol–water partition coefficient (Wildman–Crippen LogP) is 3.44. The van der Waals surface area contributed by atoms with E-state index in [1.807, 2.05) is 12.1 Å². The lowest BCUT2D eigenvalue weighted by molar-refractivity contribution is -0.124. The Kier molecular flexibility index (Phi) is 5.89. The summed E-state index contributed by atoms with van der Waals surface area (Å²) in [5.74, 6) is 0.0196. The fourth-order valence-corrected chi connectivity index (χ4v) is 3.19. The van der Waals surface area contributed by atoms with Crippen molar-refractivity contribution in [1.82, 2.24) is 5.32 Å². The smallest absolute Gasteiger partial charge is 0.338 e. The molecule has 1 N–H and O–H groups in total. The molecule has 1 atom stereocenters. The molecule has 1 unspecified atom stereocenters. The summed E-state index contributed by atoms with van der Waals surface area (Å²) >= 11 is 0. The zero-order valence-corrected chi connectivity index (χ0v) is 14.9. The van der Waals surface area contributed by atoms with Crippen LogP contribution in [0.25, 0.3) is 0 Å². The lowest BCUT2D eigenvalue weighted by Crippen LogP contribution is -2.34. The standard InChI is InChI=1S/C21H23NO4/c1-2-25-21(24)16-10-12-17(13-11-16)26-14-20(23)22-19-9-5-7-15-6-3-4-8-18(15)19/h3-4,6,8,10-13,19H,2,5,7,9,14H2,1H3,(H,22,23). The van der Waals surface area contributed by atoms with E-state index in [2.05, 4.69) is 17.4 Å². The first-order valence-electron chi connectivity index (χ1n) is 8.94. The number of ether oxygens (including phenoxy) is 2. The Morgan fingerprint density at radius 1 is 1.12 bits per heavy atom. The number of aryl methyl sites for hydroxylation is 1. The summed E-state index contributed by atoms with van der Waals surface area (Å²) in [4.78, 5) is 23.9. The molecule has 1 amide bonds. The molecule has 0 fully saturated rings. The highest BCUT2D eigenvalue weighted by Gasteiger charge is 2.21. The molecule has 3 rings (SSSR count). The maximum Gasteiger partial charge on any atom is 0.338 e. The van der Waals surface area contributed by atoms with Crippen LogP contribution in [0.4, 0.5) is 0 Å². The van der Waals surface area contributed by atoms with Crippen molar-refractivity contribution in [3.05, 3.63) is 65.2 Å². The van der Waals surface area contributed by atoms with Gasteiger partial charge in [-0.1, -0.05) is 24.3 Å². The number of carbonyl (C=O) groups excluding carboxylic acids is 2. The van der Waals surface area contributed by atoms with Crippen molar-refractivity contribution in [2.45, 2.75) is 32.2 Å². The van der Waals surface area contributed by atoms with E-state index in [-0.39, 0.29) is 24.5 Å². The summed E-state index contributed by atoms with van der Waals surface area (Å²) in [5, 5.41) is 3.05. The summed E-state index contributed by atoms with van der Waals surface area (Å²) in [6.07, 6.45) is 3.07. The van der Waals surface area contributed by atoms with Gasteiger partial charge in [-0.3, -0.25) is 4.79 Å². The van der Waals surface area contributed by atoms with Gasteiger partial charge in [-0.05, 0) is 61.6 Å². The zero-order chi connectivity index (χ0) is 18.4. The highest BCUT2D eigenvalue weighted by atomic mass is 16.5. The molecule has 0 bridgehead atoms. The molecule has 2 aromatic carbocycles. The molecule has 0 spiro atoms. The summed E-state index contributed by atoms with van der Waals surface area (Å²) in [6.45, 7) is 2.04. The molecule has 2 aromatic rings. The van der Waals surface area contributed by atoms with Crippen LogP contribution in [0, 0.1) is 0 Å². The van der Waals surface area contributed by atoms with Crippen LogP contribution in [0.2, 0.25) is 0 Å². The second kappa shape index (κ2) is 8.52. The maximum atomic E-state index is 12.2. The van der Waals surface area contributed by atoms with E-state index in [4.69, 9.17) is 9.47 Å². The van der Waals surface area contributed by atoms with Gasteiger partial charge in [0, 0.05) is 0 Å². The van der Waals surface area contributed by atoms with Gasteiger partial charge in [0.1, 0.15) is 5.75 Å². The van der Waals surface area contributed by atoms with Crippen molar-refractivity contribution < 1.29 is 19.1 Å². The topological polar surface area (TPSA) is 64.6 Å². The molecular formula is C21H23NO4. The van der Waals surface area contributed by atoms with Gasteiger partial charge in [0.05, 0.1) is 18.2 Å². The minimum absolute atomic E-state index is 0.0437. The van der Waals surface area contributed by atoms with Crippen LogP contribution in [-0.2, 0) is 16.0 Å². The molecule has 0 aromatic heterocycles. The lowest BCUT2D eigenvalue weighted by Gasteiger charge is -2.26. The van der Waals surface area contributed by atoms with Crippen LogP contribution >= 0.6 is 0 Å². The van der Waals surface area contributed by atoms with Crippen molar-refractivity contribution in [2.24, 2.45) is 0 Å². The third kappa shape index (κ3) is 4.42. The van der Waals surface area contributed by atoms with E-state index in [1.54, 1.807) is 31.2 Å². The van der Waals surface area contributed by atoms with Crippen molar-refractivity contribution in [2.75, 3.05) is 13.2 Å². The van der Waals surface area contributed by atoms with E-state index in [9.17, 15) is 9.59 Å². The number of fused-ring (bicyclic) bond motifs is 1. The molecule has 0 saturated heterocycles. The molecule has 5 nitrogen and oxygen atoms in total.